The number of hydrogen-bond donors (Lipinski definition) is 3. The quantitative estimate of drug-likeness (QED) is 0.528. The minimum atomic E-state index is -0.764. The lowest BCUT2D eigenvalue weighted by Crippen LogP contribution is -2.36. The van der Waals surface area contributed by atoms with Gasteiger partial charge in [0.1, 0.15) is 13.2 Å². The topological polar surface area (TPSA) is 96.9 Å². The normalized spacial score (nSPS) is 12.7. The minimum absolute atomic E-state index is 0.0376. The minimum Gasteiger partial charge on any atom is -0.486 e. The van der Waals surface area contributed by atoms with E-state index in [1.165, 1.54) is 0 Å². The van der Waals surface area contributed by atoms with Gasteiger partial charge in [0.15, 0.2) is 11.5 Å². The van der Waals surface area contributed by atoms with Crippen LogP contribution in [0.3, 0.4) is 0 Å². The van der Waals surface area contributed by atoms with Crippen molar-refractivity contribution in [3.63, 3.8) is 0 Å². The monoisotopic (exact) mass is 280 g/mol. The molecule has 0 bridgehead atoms. The predicted octanol–water partition coefficient (Wildman–Crippen LogP) is -0.105. The van der Waals surface area contributed by atoms with Crippen LogP contribution >= 0.6 is 0 Å². The van der Waals surface area contributed by atoms with Crippen molar-refractivity contribution in [2.45, 2.75) is 6.42 Å². The molecule has 0 aliphatic carbocycles. The number of benzene rings is 1. The fourth-order valence-corrected chi connectivity index (χ4v) is 1.67. The zero-order chi connectivity index (χ0) is 14.4. The molecule has 0 saturated carbocycles. The van der Waals surface area contributed by atoms with Crippen molar-refractivity contribution in [2.24, 2.45) is 0 Å². The molecule has 0 radical (unpaired) electrons. The van der Waals surface area contributed by atoms with Crippen LogP contribution in [0.2, 0.25) is 0 Å². The average molecular weight is 280 g/mol. The highest BCUT2D eigenvalue weighted by atomic mass is 16.6. The number of hydrogen-bond acceptors (Lipinski definition) is 5. The van der Waals surface area contributed by atoms with Gasteiger partial charge in [-0.25, -0.2) is 0 Å². The number of carbonyl (C=O) groups is 2. The number of carbonyl (C=O) groups excluding carboxylic acids is 2. The second-order valence-corrected chi connectivity index (χ2v) is 4.15. The second-order valence-electron chi connectivity index (χ2n) is 4.15. The van der Waals surface area contributed by atoms with E-state index in [2.05, 4.69) is 10.6 Å². The van der Waals surface area contributed by atoms with Gasteiger partial charge < -0.3 is 25.2 Å². The molecule has 7 heteroatoms. The van der Waals surface area contributed by atoms with Crippen LogP contribution in [0.25, 0.3) is 0 Å². The lowest BCUT2D eigenvalue weighted by molar-refractivity contribution is -0.136. The van der Waals surface area contributed by atoms with E-state index in [4.69, 9.17) is 14.6 Å². The molecule has 7 nitrogen and oxygen atoms in total. The largest absolute Gasteiger partial charge is 0.486 e. The summed E-state index contributed by atoms with van der Waals surface area (Å²) in [6.07, 6.45) is 0.406. The smallest absolute Gasteiger partial charge is 0.313 e. The summed E-state index contributed by atoms with van der Waals surface area (Å²) in [6, 6.07) is 4.91. The van der Waals surface area contributed by atoms with Gasteiger partial charge in [-0.05, 0) is 18.6 Å². The zero-order valence-corrected chi connectivity index (χ0v) is 10.8. The Balaban J connectivity index is 1.92. The van der Waals surface area contributed by atoms with Gasteiger partial charge in [-0.3, -0.25) is 9.59 Å². The first-order valence-corrected chi connectivity index (χ1v) is 6.30. The van der Waals surface area contributed by atoms with E-state index >= 15 is 0 Å². The van der Waals surface area contributed by atoms with Crippen molar-refractivity contribution in [1.82, 2.24) is 5.32 Å². The highest BCUT2D eigenvalue weighted by molar-refractivity contribution is 6.39. The van der Waals surface area contributed by atoms with Crippen LogP contribution in [-0.2, 0) is 9.59 Å². The number of aliphatic hydroxyl groups is 1. The maximum absolute atomic E-state index is 11.6. The lowest BCUT2D eigenvalue weighted by atomic mass is 10.2. The lowest BCUT2D eigenvalue weighted by Gasteiger charge is -2.18. The van der Waals surface area contributed by atoms with Crippen LogP contribution in [0.1, 0.15) is 6.42 Å². The fraction of sp³-hybridized carbons (Fsp3) is 0.385. The second kappa shape index (κ2) is 6.76. The number of nitrogens with one attached hydrogen (secondary N) is 2. The van der Waals surface area contributed by atoms with E-state index in [1.807, 2.05) is 0 Å². The molecule has 3 N–H and O–H groups in total. The fourth-order valence-electron chi connectivity index (χ4n) is 1.67. The summed E-state index contributed by atoms with van der Waals surface area (Å²) in [5.41, 5.74) is 0.455. The zero-order valence-electron chi connectivity index (χ0n) is 10.8. The number of fused-ring (bicyclic) bond motifs is 1. The molecule has 1 aliphatic heterocycles. The molecule has 0 atom stereocenters. The summed E-state index contributed by atoms with van der Waals surface area (Å²) in [4.78, 5) is 23.1. The van der Waals surface area contributed by atoms with Gasteiger partial charge in [-0.2, -0.15) is 0 Å². The van der Waals surface area contributed by atoms with E-state index in [-0.39, 0.29) is 13.2 Å². The van der Waals surface area contributed by atoms with Gasteiger partial charge in [-0.1, -0.05) is 0 Å². The molecule has 0 unspecified atom stereocenters. The van der Waals surface area contributed by atoms with Crippen molar-refractivity contribution in [3.05, 3.63) is 18.2 Å². The SMILES string of the molecule is O=C(NCCCO)C(=O)Nc1ccc2c(c1)OCCO2. The molecule has 1 aromatic rings. The van der Waals surface area contributed by atoms with Crippen LogP contribution in [0.5, 0.6) is 11.5 Å². The van der Waals surface area contributed by atoms with E-state index in [0.717, 1.165) is 0 Å². The Morgan fingerprint density at radius 1 is 1.15 bits per heavy atom. The van der Waals surface area contributed by atoms with Crippen LogP contribution < -0.4 is 20.1 Å². The Kier molecular flexibility index (Phi) is 4.78. The molecule has 108 valence electrons. The summed E-state index contributed by atoms with van der Waals surface area (Å²) >= 11 is 0. The summed E-state index contributed by atoms with van der Waals surface area (Å²) in [5.74, 6) is -0.357. The van der Waals surface area contributed by atoms with Crippen LogP contribution in [-0.4, -0.2) is 43.3 Å². The Labute approximate surface area is 115 Å². The van der Waals surface area contributed by atoms with Gasteiger partial charge in [0.05, 0.1) is 0 Å². The van der Waals surface area contributed by atoms with Crippen molar-refractivity contribution in [1.29, 1.82) is 0 Å². The van der Waals surface area contributed by atoms with Gasteiger partial charge in [0.2, 0.25) is 0 Å². The standard InChI is InChI=1S/C13H16N2O5/c16-5-1-4-14-12(17)13(18)15-9-2-3-10-11(8-9)20-7-6-19-10/h2-3,8,16H,1,4-7H2,(H,14,17)(H,15,18). The first-order chi connectivity index (χ1) is 9.70. The summed E-state index contributed by atoms with van der Waals surface area (Å²) in [5, 5.41) is 13.5. The molecule has 0 spiro atoms. The number of amides is 2. The average Bonchev–Trinajstić information content (AvgIpc) is 2.47. The molecular weight excluding hydrogens is 264 g/mol. The Morgan fingerprint density at radius 2 is 1.90 bits per heavy atom. The molecule has 2 rings (SSSR count). The molecule has 0 saturated heterocycles. The Morgan fingerprint density at radius 3 is 2.65 bits per heavy atom. The molecule has 1 aromatic carbocycles. The maximum Gasteiger partial charge on any atom is 0.313 e. The van der Waals surface area contributed by atoms with Crippen molar-refractivity contribution >= 4 is 17.5 Å². The number of aliphatic hydroxyl groups excluding tert-OH is 1. The van der Waals surface area contributed by atoms with Crippen molar-refractivity contribution in [2.75, 3.05) is 31.7 Å². The Hall–Kier alpha value is -2.28. The van der Waals surface area contributed by atoms with Gasteiger partial charge in [0, 0.05) is 24.9 Å². The van der Waals surface area contributed by atoms with E-state index < -0.39 is 11.8 Å². The number of ether oxygens (including phenoxy) is 2. The van der Waals surface area contributed by atoms with E-state index in [0.29, 0.717) is 36.8 Å². The van der Waals surface area contributed by atoms with Crippen LogP contribution in [0.4, 0.5) is 5.69 Å². The molecular formula is C13H16N2O5. The van der Waals surface area contributed by atoms with Crippen LogP contribution in [0, 0.1) is 0 Å². The highest BCUT2D eigenvalue weighted by Crippen LogP contribution is 2.32. The molecule has 1 aliphatic rings. The van der Waals surface area contributed by atoms with Gasteiger partial charge >= 0.3 is 11.8 Å². The third-order valence-electron chi connectivity index (χ3n) is 2.63. The predicted molar refractivity (Wildman–Crippen MR) is 70.8 cm³/mol. The first kappa shape index (κ1) is 14.1. The molecule has 0 fully saturated rings. The maximum atomic E-state index is 11.6. The summed E-state index contributed by atoms with van der Waals surface area (Å²) < 4.78 is 10.7. The summed E-state index contributed by atoms with van der Waals surface area (Å²) in [6.45, 7) is 1.16. The van der Waals surface area contributed by atoms with Crippen molar-refractivity contribution < 1.29 is 24.2 Å². The summed E-state index contributed by atoms with van der Waals surface area (Å²) in [7, 11) is 0. The third kappa shape index (κ3) is 3.61. The van der Waals surface area contributed by atoms with Crippen molar-refractivity contribution in [3.8, 4) is 11.5 Å². The first-order valence-electron chi connectivity index (χ1n) is 6.30. The third-order valence-corrected chi connectivity index (χ3v) is 2.63. The van der Waals surface area contributed by atoms with E-state index in [9.17, 15) is 9.59 Å². The number of anilines is 1. The van der Waals surface area contributed by atoms with Gasteiger partial charge in [-0.15, -0.1) is 0 Å². The Bertz CT molecular complexity index is 504. The molecule has 0 aromatic heterocycles. The molecule has 1 heterocycles. The van der Waals surface area contributed by atoms with Crippen LogP contribution in [0.15, 0.2) is 18.2 Å². The van der Waals surface area contributed by atoms with Gasteiger partial charge in [0.25, 0.3) is 0 Å². The van der Waals surface area contributed by atoms with E-state index in [1.54, 1.807) is 18.2 Å². The molecule has 2 amide bonds. The molecule has 20 heavy (non-hydrogen) atoms. The number of rotatable bonds is 4. The highest BCUT2D eigenvalue weighted by Gasteiger charge is 2.16.